The van der Waals surface area contributed by atoms with Crippen molar-refractivity contribution in [2.24, 2.45) is 11.3 Å². The number of hydrogen-bond acceptors (Lipinski definition) is 3. The third-order valence-electron chi connectivity index (χ3n) is 4.51. The molecule has 3 nitrogen and oxygen atoms in total. The van der Waals surface area contributed by atoms with Crippen LogP contribution in [0.3, 0.4) is 0 Å². The van der Waals surface area contributed by atoms with Crippen molar-refractivity contribution in [1.82, 2.24) is 10.2 Å². The molecule has 2 rings (SSSR count). The van der Waals surface area contributed by atoms with Gasteiger partial charge in [0.15, 0.2) is 0 Å². The summed E-state index contributed by atoms with van der Waals surface area (Å²) in [5.41, 5.74) is -0.221. The molecule has 0 radical (unpaired) electrons. The van der Waals surface area contributed by atoms with Crippen LogP contribution >= 0.6 is 11.3 Å². The summed E-state index contributed by atoms with van der Waals surface area (Å²) >= 11 is 1.73. The zero-order valence-corrected chi connectivity index (χ0v) is 13.8. The first kappa shape index (κ1) is 15.5. The van der Waals surface area contributed by atoms with Gasteiger partial charge in [-0.15, -0.1) is 11.3 Å². The number of rotatable bonds is 5. The lowest BCUT2D eigenvalue weighted by molar-refractivity contribution is -0.146. The zero-order valence-electron chi connectivity index (χ0n) is 13.0. The van der Waals surface area contributed by atoms with E-state index < -0.39 is 0 Å². The van der Waals surface area contributed by atoms with E-state index in [-0.39, 0.29) is 11.5 Å². The summed E-state index contributed by atoms with van der Waals surface area (Å²) in [6.45, 7) is 11.1. The third-order valence-corrected chi connectivity index (χ3v) is 5.37. The van der Waals surface area contributed by atoms with E-state index in [9.17, 15) is 4.79 Å². The molecular formula is C16H26N2OS. The van der Waals surface area contributed by atoms with Crippen molar-refractivity contribution in [1.29, 1.82) is 0 Å². The van der Waals surface area contributed by atoms with Crippen LogP contribution in [-0.2, 0) is 11.3 Å². The first-order valence-corrected chi connectivity index (χ1v) is 8.39. The van der Waals surface area contributed by atoms with Crippen LogP contribution < -0.4 is 5.32 Å². The molecule has 1 aliphatic heterocycles. The Kier molecular flexibility index (Phi) is 4.86. The molecule has 1 aliphatic rings. The van der Waals surface area contributed by atoms with Crippen LogP contribution in [0, 0.1) is 11.3 Å². The van der Waals surface area contributed by atoms with Gasteiger partial charge < -0.3 is 10.2 Å². The predicted molar refractivity (Wildman–Crippen MR) is 84.8 cm³/mol. The summed E-state index contributed by atoms with van der Waals surface area (Å²) < 4.78 is 0. The fraction of sp³-hybridized carbons (Fsp3) is 0.688. The number of amides is 1. The molecule has 1 unspecified atom stereocenters. The molecule has 2 heterocycles. The molecule has 112 valence electrons. The van der Waals surface area contributed by atoms with Crippen molar-refractivity contribution >= 4 is 17.2 Å². The average Bonchev–Trinajstić information content (AvgIpc) is 3.06. The van der Waals surface area contributed by atoms with Crippen LogP contribution in [0.1, 0.15) is 39.0 Å². The molecule has 0 aliphatic carbocycles. The lowest BCUT2D eigenvalue weighted by Crippen LogP contribution is -2.50. The molecule has 0 bridgehead atoms. The topological polar surface area (TPSA) is 32.3 Å². The van der Waals surface area contributed by atoms with Gasteiger partial charge in [0.25, 0.3) is 0 Å². The van der Waals surface area contributed by atoms with Gasteiger partial charge in [0, 0.05) is 17.5 Å². The number of nitrogens with one attached hydrogen (secondary N) is 1. The van der Waals surface area contributed by atoms with Gasteiger partial charge in [0.1, 0.15) is 0 Å². The van der Waals surface area contributed by atoms with Gasteiger partial charge in [-0.25, -0.2) is 0 Å². The molecular weight excluding hydrogens is 268 g/mol. The second-order valence-electron chi connectivity index (χ2n) is 6.34. The van der Waals surface area contributed by atoms with Crippen molar-refractivity contribution in [3.05, 3.63) is 22.4 Å². The van der Waals surface area contributed by atoms with Crippen LogP contribution in [0.2, 0.25) is 0 Å². The summed E-state index contributed by atoms with van der Waals surface area (Å²) in [4.78, 5) is 16.5. The Morgan fingerprint density at radius 1 is 1.45 bits per heavy atom. The molecule has 0 aromatic carbocycles. The molecule has 1 aromatic heterocycles. The van der Waals surface area contributed by atoms with E-state index in [1.165, 1.54) is 4.88 Å². The van der Waals surface area contributed by atoms with E-state index in [1.807, 2.05) is 0 Å². The van der Waals surface area contributed by atoms with Crippen molar-refractivity contribution in [2.75, 3.05) is 13.1 Å². The molecule has 4 heteroatoms. The van der Waals surface area contributed by atoms with Crippen molar-refractivity contribution in [3.63, 3.8) is 0 Å². The lowest BCUT2D eigenvalue weighted by atomic mass is 9.75. The van der Waals surface area contributed by atoms with Crippen molar-refractivity contribution in [3.8, 4) is 0 Å². The maximum atomic E-state index is 13.2. The molecule has 0 saturated carbocycles. The highest BCUT2D eigenvalue weighted by molar-refractivity contribution is 7.09. The number of carbonyl (C=O) groups excluding carboxylic acids is 1. The normalized spacial score (nSPS) is 22.7. The van der Waals surface area contributed by atoms with E-state index in [2.05, 4.69) is 55.4 Å². The third kappa shape index (κ3) is 2.91. The lowest BCUT2D eigenvalue weighted by Gasteiger charge is -2.38. The number of thiophene rings is 1. The summed E-state index contributed by atoms with van der Waals surface area (Å²) in [5, 5.41) is 5.46. The van der Waals surface area contributed by atoms with Gasteiger partial charge >= 0.3 is 0 Å². The van der Waals surface area contributed by atoms with E-state index in [1.54, 1.807) is 11.3 Å². The molecule has 1 N–H and O–H groups in total. The summed E-state index contributed by atoms with van der Waals surface area (Å²) in [5.74, 6) is 0.690. The van der Waals surface area contributed by atoms with Gasteiger partial charge in [0.2, 0.25) is 5.91 Å². The van der Waals surface area contributed by atoms with Crippen LogP contribution in [0.5, 0.6) is 0 Å². The van der Waals surface area contributed by atoms with Crippen molar-refractivity contribution in [2.45, 2.75) is 46.7 Å². The van der Waals surface area contributed by atoms with Gasteiger partial charge in [-0.2, -0.15) is 0 Å². The van der Waals surface area contributed by atoms with Gasteiger partial charge in [-0.3, -0.25) is 4.79 Å². The Morgan fingerprint density at radius 3 is 2.65 bits per heavy atom. The number of nitrogens with zero attached hydrogens (tertiary/aromatic N) is 1. The molecule has 0 spiro atoms. The zero-order chi connectivity index (χ0) is 14.8. The minimum atomic E-state index is -0.221. The van der Waals surface area contributed by atoms with Gasteiger partial charge in [0.05, 0.1) is 12.0 Å². The predicted octanol–water partition coefficient (Wildman–Crippen LogP) is 3.12. The highest BCUT2D eigenvalue weighted by atomic mass is 32.1. The monoisotopic (exact) mass is 294 g/mol. The molecule has 1 amide bonds. The fourth-order valence-corrected chi connectivity index (χ4v) is 3.68. The Balaban J connectivity index is 2.22. The highest BCUT2D eigenvalue weighted by Crippen LogP contribution is 2.37. The van der Waals surface area contributed by atoms with Crippen LogP contribution in [0.15, 0.2) is 17.5 Å². The standard InChI is InChI=1S/C16H26N2OS/c1-12(2)16(7-8-17-11-16)15(19)18(13(3)4)10-14-6-5-9-20-14/h5-6,9,12-13,17H,7-8,10-11H2,1-4H3. The average molecular weight is 294 g/mol. The maximum absolute atomic E-state index is 13.2. The van der Waals surface area contributed by atoms with E-state index in [4.69, 9.17) is 0 Å². The summed E-state index contributed by atoms with van der Waals surface area (Å²) in [6.07, 6.45) is 0.956. The molecule has 20 heavy (non-hydrogen) atoms. The van der Waals surface area contributed by atoms with E-state index in [0.29, 0.717) is 11.8 Å². The van der Waals surface area contributed by atoms with Crippen LogP contribution in [0.4, 0.5) is 0 Å². The molecule has 1 aromatic rings. The quantitative estimate of drug-likeness (QED) is 0.905. The summed E-state index contributed by atoms with van der Waals surface area (Å²) in [6, 6.07) is 4.40. The molecule has 1 saturated heterocycles. The van der Waals surface area contributed by atoms with E-state index in [0.717, 1.165) is 26.1 Å². The largest absolute Gasteiger partial charge is 0.335 e. The molecule has 1 fully saturated rings. The van der Waals surface area contributed by atoms with Crippen LogP contribution in [0.25, 0.3) is 0 Å². The molecule has 1 atom stereocenters. The Bertz CT molecular complexity index is 433. The first-order valence-electron chi connectivity index (χ1n) is 7.51. The maximum Gasteiger partial charge on any atom is 0.230 e. The second-order valence-corrected chi connectivity index (χ2v) is 7.38. The SMILES string of the molecule is CC(C)N(Cc1cccs1)C(=O)C1(C(C)C)CCNC1. The van der Waals surface area contributed by atoms with Gasteiger partial charge in [-0.05, 0) is 44.2 Å². The fourth-order valence-electron chi connectivity index (χ4n) is 2.98. The number of hydrogen-bond donors (Lipinski definition) is 1. The Morgan fingerprint density at radius 2 is 2.20 bits per heavy atom. The van der Waals surface area contributed by atoms with Gasteiger partial charge in [-0.1, -0.05) is 19.9 Å². The van der Waals surface area contributed by atoms with Crippen LogP contribution in [-0.4, -0.2) is 29.9 Å². The Labute approximate surface area is 126 Å². The highest BCUT2D eigenvalue weighted by Gasteiger charge is 2.46. The number of carbonyl (C=O) groups is 1. The summed E-state index contributed by atoms with van der Waals surface area (Å²) in [7, 11) is 0. The first-order chi connectivity index (χ1) is 9.47. The smallest absolute Gasteiger partial charge is 0.230 e. The minimum absolute atomic E-state index is 0.221. The minimum Gasteiger partial charge on any atom is -0.335 e. The second kappa shape index (κ2) is 6.27. The Hall–Kier alpha value is -0.870. The van der Waals surface area contributed by atoms with Crippen molar-refractivity contribution < 1.29 is 4.79 Å². The van der Waals surface area contributed by atoms with E-state index >= 15 is 0 Å².